The molecule has 2 rings (SSSR count). The van der Waals surface area contributed by atoms with E-state index >= 15 is 0 Å². The number of carbonyl (C=O) groups excluding carboxylic acids is 1. The van der Waals surface area contributed by atoms with Gasteiger partial charge in [0.05, 0.1) is 13.2 Å². The molecule has 0 aromatic heterocycles. The monoisotopic (exact) mass is 296 g/mol. The average molecular weight is 296 g/mol. The van der Waals surface area contributed by atoms with E-state index < -0.39 is 0 Å². The Kier molecular flexibility index (Phi) is 6.29. The number of nitrogens with zero attached hydrogens (tertiary/aromatic N) is 2. The highest BCUT2D eigenvalue weighted by Crippen LogP contribution is 2.28. The van der Waals surface area contributed by atoms with Crippen molar-refractivity contribution in [1.82, 2.24) is 15.5 Å². The molecule has 1 aliphatic heterocycles. The van der Waals surface area contributed by atoms with Crippen molar-refractivity contribution in [3.8, 4) is 0 Å². The fourth-order valence-electron chi connectivity index (χ4n) is 2.50. The third-order valence-corrected chi connectivity index (χ3v) is 3.87. The van der Waals surface area contributed by atoms with Crippen molar-refractivity contribution >= 4 is 11.9 Å². The number of hydrogen-bond acceptors (Lipinski definition) is 3. The zero-order valence-electron chi connectivity index (χ0n) is 13.2. The number of carbonyl (C=O) groups is 1. The Balaban J connectivity index is 1.72. The third-order valence-electron chi connectivity index (χ3n) is 3.87. The lowest BCUT2D eigenvalue weighted by molar-refractivity contribution is -0.122. The lowest BCUT2D eigenvalue weighted by atomic mass is 10.1. The van der Waals surface area contributed by atoms with Crippen LogP contribution in [0.3, 0.4) is 0 Å². The molecular weight excluding hydrogens is 268 g/mol. The Morgan fingerprint density at radius 3 is 2.76 bits per heavy atom. The zero-order chi connectivity index (χ0) is 15.1. The Bertz CT molecular complexity index is 363. The molecule has 0 aromatic rings. The highest BCUT2D eigenvalue weighted by atomic mass is 16.5. The summed E-state index contributed by atoms with van der Waals surface area (Å²) in [6.45, 7) is 6.83. The number of hydrogen-bond donors (Lipinski definition) is 2. The Morgan fingerprint density at radius 1 is 1.33 bits per heavy atom. The number of guanidine groups is 1. The molecule has 2 fully saturated rings. The standard InChI is InChI=1S/C15H28N4O2/c1-3-16-15(19(2)10-12-6-9-21-11-12)18-8-7-17-14(20)13-4-5-13/h12-13H,3-11H2,1-2H3,(H,16,18)(H,17,20). The van der Waals surface area contributed by atoms with Gasteiger partial charge in [-0.1, -0.05) is 0 Å². The van der Waals surface area contributed by atoms with Gasteiger partial charge in [0.1, 0.15) is 0 Å². The molecule has 1 unspecified atom stereocenters. The molecule has 1 aliphatic carbocycles. The van der Waals surface area contributed by atoms with Crippen LogP contribution in [0.15, 0.2) is 4.99 Å². The van der Waals surface area contributed by atoms with Crippen molar-refractivity contribution in [3.05, 3.63) is 0 Å². The Labute approximate surface area is 127 Å². The second kappa shape index (κ2) is 8.22. The minimum Gasteiger partial charge on any atom is -0.381 e. The number of rotatable bonds is 7. The molecule has 21 heavy (non-hydrogen) atoms. The van der Waals surface area contributed by atoms with Gasteiger partial charge in [-0.25, -0.2) is 0 Å². The summed E-state index contributed by atoms with van der Waals surface area (Å²) in [7, 11) is 2.06. The summed E-state index contributed by atoms with van der Waals surface area (Å²) in [6, 6.07) is 0. The number of nitrogens with one attached hydrogen (secondary N) is 2. The third kappa shape index (κ3) is 5.53. The summed E-state index contributed by atoms with van der Waals surface area (Å²) >= 11 is 0. The van der Waals surface area contributed by atoms with Crippen molar-refractivity contribution in [3.63, 3.8) is 0 Å². The van der Waals surface area contributed by atoms with Crippen LogP contribution in [0, 0.1) is 11.8 Å². The molecule has 2 aliphatic rings. The largest absolute Gasteiger partial charge is 0.381 e. The van der Waals surface area contributed by atoms with Crippen LogP contribution in [0.2, 0.25) is 0 Å². The van der Waals surface area contributed by atoms with Gasteiger partial charge in [0.15, 0.2) is 5.96 Å². The summed E-state index contributed by atoms with van der Waals surface area (Å²) in [4.78, 5) is 18.3. The minimum atomic E-state index is 0.187. The summed E-state index contributed by atoms with van der Waals surface area (Å²) < 4.78 is 5.42. The molecule has 1 saturated heterocycles. The average Bonchev–Trinajstić information content (AvgIpc) is 3.21. The van der Waals surface area contributed by atoms with Crippen molar-refractivity contribution < 1.29 is 9.53 Å². The predicted molar refractivity (Wildman–Crippen MR) is 83.3 cm³/mol. The smallest absolute Gasteiger partial charge is 0.223 e. The van der Waals surface area contributed by atoms with E-state index in [1.807, 2.05) is 0 Å². The van der Waals surface area contributed by atoms with E-state index in [2.05, 4.69) is 34.5 Å². The Morgan fingerprint density at radius 2 is 2.14 bits per heavy atom. The van der Waals surface area contributed by atoms with Gasteiger partial charge >= 0.3 is 0 Å². The van der Waals surface area contributed by atoms with Crippen molar-refractivity contribution in [2.75, 3.05) is 46.4 Å². The van der Waals surface area contributed by atoms with Crippen molar-refractivity contribution in [1.29, 1.82) is 0 Å². The summed E-state index contributed by atoms with van der Waals surface area (Å²) in [5.74, 6) is 1.96. The van der Waals surface area contributed by atoms with Gasteiger partial charge in [-0.05, 0) is 26.2 Å². The molecule has 0 bridgehead atoms. The van der Waals surface area contributed by atoms with E-state index in [1.165, 1.54) is 0 Å². The Hall–Kier alpha value is -1.30. The first kappa shape index (κ1) is 16.1. The summed E-state index contributed by atoms with van der Waals surface area (Å²) in [5.41, 5.74) is 0. The molecule has 1 amide bonds. The van der Waals surface area contributed by atoms with E-state index in [-0.39, 0.29) is 11.8 Å². The second-order valence-electron chi connectivity index (χ2n) is 5.91. The maximum Gasteiger partial charge on any atom is 0.223 e. The SMILES string of the molecule is CCNC(=NCCNC(=O)C1CC1)N(C)CC1CCOC1. The quantitative estimate of drug-likeness (QED) is 0.407. The van der Waals surface area contributed by atoms with Crippen LogP contribution < -0.4 is 10.6 Å². The van der Waals surface area contributed by atoms with Crippen LogP contribution in [0.4, 0.5) is 0 Å². The molecular formula is C15H28N4O2. The van der Waals surface area contributed by atoms with Crippen LogP contribution in [0.25, 0.3) is 0 Å². The molecule has 0 aromatic carbocycles. The van der Waals surface area contributed by atoms with Gasteiger partial charge in [0.2, 0.25) is 5.91 Å². The molecule has 1 atom stereocenters. The van der Waals surface area contributed by atoms with Gasteiger partial charge in [-0.2, -0.15) is 0 Å². The van der Waals surface area contributed by atoms with Gasteiger partial charge in [-0.15, -0.1) is 0 Å². The lowest BCUT2D eigenvalue weighted by Crippen LogP contribution is -2.42. The highest BCUT2D eigenvalue weighted by molar-refractivity contribution is 5.81. The van der Waals surface area contributed by atoms with Crippen molar-refractivity contribution in [2.24, 2.45) is 16.8 Å². The van der Waals surface area contributed by atoms with Crippen molar-refractivity contribution in [2.45, 2.75) is 26.2 Å². The van der Waals surface area contributed by atoms with E-state index in [9.17, 15) is 4.79 Å². The zero-order valence-corrected chi connectivity index (χ0v) is 13.2. The molecule has 6 heteroatoms. The van der Waals surface area contributed by atoms with Crippen LogP contribution in [0.1, 0.15) is 26.2 Å². The molecule has 0 spiro atoms. The van der Waals surface area contributed by atoms with Crippen LogP contribution in [0.5, 0.6) is 0 Å². The molecule has 2 N–H and O–H groups in total. The number of amides is 1. The van der Waals surface area contributed by atoms with E-state index in [0.717, 1.165) is 51.5 Å². The molecule has 6 nitrogen and oxygen atoms in total. The lowest BCUT2D eigenvalue weighted by Gasteiger charge is -2.24. The van der Waals surface area contributed by atoms with E-state index in [1.54, 1.807) is 0 Å². The first-order valence-corrected chi connectivity index (χ1v) is 8.05. The van der Waals surface area contributed by atoms with Gasteiger partial charge < -0.3 is 20.3 Å². The minimum absolute atomic E-state index is 0.187. The highest BCUT2D eigenvalue weighted by Gasteiger charge is 2.29. The normalized spacial score (nSPS) is 22.2. The van der Waals surface area contributed by atoms with E-state index in [0.29, 0.717) is 19.0 Å². The molecule has 1 heterocycles. The maximum absolute atomic E-state index is 11.5. The first-order chi connectivity index (χ1) is 10.2. The number of ether oxygens (including phenoxy) is 1. The fourth-order valence-corrected chi connectivity index (χ4v) is 2.50. The van der Waals surface area contributed by atoms with Gasteiger partial charge in [0.25, 0.3) is 0 Å². The topological polar surface area (TPSA) is 66.0 Å². The first-order valence-electron chi connectivity index (χ1n) is 8.05. The van der Waals surface area contributed by atoms with Gasteiger partial charge in [-0.3, -0.25) is 9.79 Å². The molecule has 120 valence electrons. The molecule has 1 saturated carbocycles. The molecule has 0 radical (unpaired) electrons. The maximum atomic E-state index is 11.5. The fraction of sp³-hybridized carbons (Fsp3) is 0.867. The van der Waals surface area contributed by atoms with Gasteiger partial charge in [0, 0.05) is 45.1 Å². The van der Waals surface area contributed by atoms with Crippen LogP contribution in [-0.4, -0.2) is 63.2 Å². The number of aliphatic imine (C=N–C) groups is 1. The summed E-state index contributed by atoms with van der Waals surface area (Å²) in [6.07, 6.45) is 3.22. The van der Waals surface area contributed by atoms with E-state index in [4.69, 9.17) is 4.74 Å². The van der Waals surface area contributed by atoms with Crippen LogP contribution >= 0.6 is 0 Å². The summed E-state index contributed by atoms with van der Waals surface area (Å²) in [5, 5.41) is 6.24. The second-order valence-corrected chi connectivity index (χ2v) is 5.91. The predicted octanol–water partition coefficient (Wildman–Crippen LogP) is 0.446. The van der Waals surface area contributed by atoms with Crippen LogP contribution in [-0.2, 0) is 9.53 Å².